The molecule has 146 valence electrons. The first kappa shape index (κ1) is 18.3. The van der Waals surface area contributed by atoms with Crippen LogP contribution in [0.5, 0.6) is 0 Å². The standard InChI is InChI=1S/C21H29N3O3/c1-14-10-11-24(18-5-3-2-4-17(14)18)20(25)13-27-21(26)15-6-9-19(22-12-15)23-16-7-8-16/h6,9,12,14,16-18H,2-5,7-8,10-11,13H2,1H3,(H,22,23)/t14-,17-,18-/m1/s1. The lowest BCUT2D eigenvalue weighted by molar-refractivity contribution is -0.142. The van der Waals surface area contributed by atoms with Crippen LogP contribution < -0.4 is 5.32 Å². The first-order chi connectivity index (χ1) is 13.1. The minimum atomic E-state index is -0.487. The number of carbonyl (C=O) groups excluding carboxylic acids is 2. The molecule has 3 aliphatic rings. The number of piperidine rings is 1. The maximum atomic E-state index is 12.7. The van der Waals surface area contributed by atoms with Crippen molar-refractivity contribution < 1.29 is 14.3 Å². The fourth-order valence-corrected chi connectivity index (χ4v) is 4.55. The zero-order valence-corrected chi connectivity index (χ0v) is 16.0. The minimum absolute atomic E-state index is 0.0628. The normalized spacial score (nSPS) is 27.6. The molecule has 1 N–H and O–H groups in total. The van der Waals surface area contributed by atoms with Gasteiger partial charge in [-0.25, -0.2) is 9.78 Å². The summed E-state index contributed by atoms with van der Waals surface area (Å²) in [5.74, 6) is 1.50. The Labute approximate surface area is 160 Å². The molecule has 1 aliphatic heterocycles. The molecule has 0 bridgehead atoms. The van der Waals surface area contributed by atoms with Crippen LogP contribution in [0.4, 0.5) is 5.82 Å². The van der Waals surface area contributed by atoms with Crippen LogP contribution in [-0.4, -0.2) is 47.0 Å². The first-order valence-electron chi connectivity index (χ1n) is 10.3. The summed E-state index contributed by atoms with van der Waals surface area (Å²) in [4.78, 5) is 31.2. The second-order valence-corrected chi connectivity index (χ2v) is 8.30. The Morgan fingerprint density at radius 2 is 2.00 bits per heavy atom. The van der Waals surface area contributed by atoms with Crippen LogP contribution in [0, 0.1) is 11.8 Å². The number of hydrogen-bond acceptors (Lipinski definition) is 5. The highest BCUT2D eigenvalue weighted by molar-refractivity contribution is 5.91. The van der Waals surface area contributed by atoms with Gasteiger partial charge in [-0.05, 0) is 56.1 Å². The molecule has 2 heterocycles. The minimum Gasteiger partial charge on any atom is -0.452 e. The summed E-state index contributed by atoms with van der Waals surface area (Å²) in [6, 6.07) is 4.33. The van der Waals surface area contributed by atoms with Gasteiger partial charge in [-0.3, -0.25) is 4.79 Å². The maximum Gasteiger partial charge on any atom is 0.340 e. The Bertz CT molecular complexity index is 686. The summed E-state index contributed by atoms with van der Waals surface area (Å²) in [7, 11) is 0. The van der Waals surface area contributed by atoms with Gasteiger partial charge in [-0.1, -0.05) is 19.8 Å². The lowest BCUT2D eigenvalue weighted by atomic mass is 9.72. The van der Waals surface area contributed by atoms with Crippen LogP contribution in [0.1, 0.15) is 62.2 Å². The summed E-state index contributed by atoms with van der Waals surface area (Å²) in [6.45, 7) is 2.90. The van der Waals surface area contributed by atoms with Crippen LogP contribution in [0.15, 0.2) is 18.3 Å². The average molecular weight is 371 g/mol. The van der Waals surface area contributed by atoms with Gasteiger partial charge in [0, 0.05) is 24.8 Å². The van der Waals surface area contributed by atoms with Gasteiger partial charge in [0.1, 0.15) is 5.82 Å². The Kier molecular flexibility index (Phi) is 5.32. The number of pyridine rings is 1. The highest BCUT2D eigenvalue weighted by Crippen LogP contribution is 2.38. The molecule has 27 heavy (non-hydrogen) atoms. The molecule has 4 rings (SSSR count). The van der Waals surface area contributed by atoms with Gasteiger partial charge in [-0.2, -0.15) is 0 Å². The molecule has 1 saturated heterocycles. The van der Waals surface area contributed by atoms with Crippen LogP contribution in [-0.2, 0) is 9.53 Å². The molecule has 1 aromatic heterocycles. The second kappa shape index (κ2) is 7.87. The molecule has 2 saturated carbocycles. The number of amides is 1. The quantitative estimate of drug-likeness (QED) is 0.805. The van der Waals surface area contributed by atoms with Crippen molar-refractivity contribution >= 4 is 17.7 Å². The molecule has 6 heteroatoms. The Balaban J connectivity index is 1.30. The zero-order chi connectivity index (χ0) is 18.8. The molecule has 0 radical (unpaired) electrons. The molecule has 0 spiro atoms. The number of carbonyl (C=O) groups is 2. The van der Waals surface area contributed by atoms with Crippen molar-refractivity contribution in [3.8, 4) is 0 Å². The largest absolute Gasteiger partial charge is 0.452 e. The van der Waals surface area contributed by atoms with Crippen molar-refractivity contribution in [1.29, 1.82) is 0 Å². The van der Waals surface area contributed by atoms with Crippen molar-refractivity contribution in [2.24, 2.45) is 11.8 Å². The lowest BCUT2D eigenvalue weighted by Crippen LogP contribution is -2.53. The number of hydrogen-bond donors (Lipinski definition) is 1. The van der Waals surface area contributed by atoms with E-state index in [-0.39, 0.29) is 12.5 Å². The van der Waals surface area contributed by atoms with Gasteiger partial charge in [0.2, 0.25) is 0 Å². The fourth-order valence-electron chi connectivity index (χ4n) is 4.55. The number of rotatable bonds is 5. The van der Waals surface area contributed by atoms with Gasteiger partial charge < -0.3 is 15.0 Å². The number of ether oxygens (including phenoxy) is 1. The van der Waals surface area contributed by atoms with E-state index in [1.54, 1.807) is 12.1 Å². The van der Waals surface area contributed by atoms with Gasteiger partial charge in [0.05, 0.1) is 5.56 Å². The summed E-state index contributed by atoms with van der Waals surface area (Å²) in [5.41, 5.74) is 0.381. The highest BCUT2D eigenvalue weighted by atomic mass is 16.5. The number of aromatic nitrogens is 1. The fraction of sp³-hybridized carbons (Fsp3) is 0.667. The number of fused-ring (bicyclic) bond motifs is 1. The number of nitrogens with one attached hydrogen (secondary N) is 1. The second-order valence-electron chi connectivity index (χ2n) is 8.30. The van der Waals surface area contributed by atoms with Crippen molar-refractivity contribution in [3.05, 3.63) is 23.9 Å². The van der Waals surface area contributed by atoms with Crippen molar-refractivity contribution in [2.45, 2.75) is 64.0 Å². The van der Waals surface area contributed by atoms with Crippen LogP contribution in [0.25, 0.3) is 0 Å². The summed E-state index contributed by atoms with van der Waals surface area (Å²) in [5, 5.41) is 3.28. The first-order valence-corrected chi connectivity index (χ1v) is 10.3. The third kappa shape index (κ3) is 4.25. The van der Waals surface area contributed by atoms with Gasteiger partial charge in [0.25, 0.3) is 5.91 Å². The molecule has 1 amide bonds. The molecule has 1 aromatic rings. The SMILES string of the molecule is C[C@@H]1CCN(C(=O)COC(=O)c2ccc(NC3CC3)nc2)[C@@H]2CCCC[C@H]12. The van der Waals surface area contributed by atoms with Crippen LogP contribution in [0.3, 0.4) is 0 Å². The monoisotopic (exact) mass is 371 g/mol. The number of nitrogens with zero attached hydrogens (tertiary/aromatic N) is 2. The van der Waals surface area contributed by atoms with E-state index in [0.29, 0.717) is 29.5 Å². The lowest BCUT2D eigenvalue weighted by Gasteiger charge is -2.47. The van der Waals surface area contributed by atoms with Gasteiger partial charge in [-0.15, -0.1) is 0 Å². The van der Waals surface area contributed by atoms with E-state index in [1.165, 1.54) is 38.3 Å². The van der Waals surface area contributed by atoms with E-state index in [4.69, 9.17) is 4.74 Å². The molecule has 2 aliphatic carbocycles. The Morgan fingerprint density at radius 1 is 1.19 bits per heavy atom. The number of likely N-dealkylation sites (tertiary alicyclic amines) is 1. The van der Waals surface area contributed by atoms with E-state index in [2.05, 4.69) is 17.2 Å². The molecule has 3 atom stereocenters. The molecule has 0 aromatic carbocycles. The highest BCUT2D eigenvalue weighted by Gasteiger charge is 2.39. The van der Waals surface area contributed by atoms with Crippen molar-refractivity contribution in [3.63, 3.8) is 0 Å². The average Bonchev–Trinajstić information content (AvgIpc) is 3.51. The van der Waals surface area contributed by atoms with Crippen LogP contribution in [0.2, 0.25) is 0 Å². The molecule has 0 unspecified atom stereocenters. The van der Waals surface area contributed by atoms with Crippen molar-refractivity contribution in [1.82, 2.24) is 9.88 Å². The Morgan fingerprint density at radius 3 is 2.74 bits per heavy atom. The Hall–Kier alpha value is -2.11. The maximum absolute atomic E-state index is 12.7. The third-order valence-electron chi connectivity index (χ3n) is 6.31. The van der Waals surface area contributed by atoms with Crippen molar-refractivity contribution in [2.75, 3.05) is 18.5 Å². The number of esters is 1. The van der Waals surface area contributed by atoms with E-state index in [0.717, 1.165) is 25.2 Å². The third-order valence-corrected chi connectivity index (χ3v) is 6.31. The molecular weight excluding hydrogens is 342 g/mol. The van der Waals surface area contributed by atoms with E-state index < -0.39 is 5.97 Å². The molecule has 3 fully saturated rings. The summed E-state index contributed by atoms with van der Waals surface area (Å²) in [6.07, 6.45) is 9.63. The van der Waals surface area contributed by atoms with E-state index >= 15 is 0 Å². The van der Waals surface area contributed by atoms with Gasteiger partial charge >= 0.3 is 5.97 Å². The van der Waals surface area contributed by atoms with Gasteiger partial charge in [0.15, 0.2) is 6.61 Å². The predicted molar refractivity (Wildman–Crippen MR) is 102 cm³/mol. The topological polar surface area (TPSA) is 71.5 Å². The van der Waals surface area contributed by atoms with E-state index in [9.17, 15) is 9.59 Å². The van der Waals surface area contributed by atoms with Crippen LogP contribution >= 0.6 is 0 Å². The zero-order valence-electron chi connectivity index (χ0n) is 16.0. The molecular formula is C21H29N3O3. The smallest absolute Gasteiger partial charge is 0.340 e. The summed E-state index contributed by atoms with van der Waals surface area (Å²) >= 11 is 0. The number of anilines is 1. The van der Waals surface area contributed by atoms with E-state index in [1.807, 2.05) is 4.90 Å². The summed E-state index contributed by atoms with van der Waals surface area (Å²) < 4.78 is 5.29. The predicted octanol–water partition coefficient (Wildman–Crippen LogP) is 3.24. The molecule has 6 nitrogen and oxygen atoms in total.